The lowest BCUT2D eigenvalue weighted by Crippen LogP contribution is -2.36. The van der Waals surface area contributed by atoms with Gasteiger partial charge in [-0.1, -0.05) is 24.3 Å². The van der Waals surface area contributed by atoms with Crippen molar-refractivity contribution in [2.24, 2.45) is 0 Å². The average molecular weight is 347 g/mol. The van der Waals surface area contributed by atoms with Crippen molar-refractivity contribution in [3.05, 3.63) is 65.0 Å². The van der Waals surface area contributed by atoms with Crippen LogP contribution in [-0.4, -0.2) is 40.4 Å². The van der Waals surface area contributed by atoms with Crippen molar-refractivity contribution in [1.82, 2.24) is 25.7 Å². The lowest BCUT2D eigenvalue weighted by atomic mass is 9.98. The summed E-state index contributed by atoms with van der Waals surface area (Å²) in [6.45, 7) is 3.19. The summed E-state index contributed by atoms with van der Waals surface area (Å²) < 4.78 is 0. The van der Waals surface area contributed by atoms with Crippen molar-refractivity contribution in [2.45, 2.75) is 18.9 Å². The SMILES string of the molecule is O=C(c1cnc2[nH]cc(C3CNNC3)c2c1)N1CCc2ccccc2C1. The van der Waals surface area contributed by atoms with Gasteiger partial charge in [0.15, 0.2) is 0 Å². The molecule has 2 aliphatic rings. The number of amides is 1. The van der Waals surface area contributed by atoms with Crippen molar-refractivity contribution >= 4 is 16.9 Å². The minimum atomic E-state index is 0.0590. The van der Waals surface area contributed by atoms with Gasteiger partial charge in [0.1, 0.15) is 5.65 Å². The second kappa shape index (κ2) is 6.23. The van der Waals surface area contributed by atoms with E-state index in [2.05, 4.69) is 39.0 Å². The molecule has 6 heteroatoms. The van der Waals surface area contributed by atoms with Crippen LogP contribution in [0.15, 0.2) is 42.7 Å². The van der Waals surface area contributed by atoms with Gasteiger partial charge in [-0.25, -0.2) is 4.98 Å². The highest BCUT2D eigenvalue weighted by molar-refractivity contribution is 5.97. The molecular formula is C20H21N5O. The Hall–Kier alpha value is -2.70. The first-order chi connectivity index (χ1) is 12.8. The van der Waals surface area contributed by atoms with Crippen LogP contribution >= 0.6 is 0 Å². The van der Waals surface area contributed by atoms with Crippen LogP contribution in [0.5, 0.6) is 0 Å². The molecule has 0 spiro atoms. The quantitative estimate of drug-likeness (QED) is 0.663. The number of aromatic amines is 1. The molecule has 132 valence electrons. The van der Waals surface area contributed by atoms with Crippen LogP contribution in [0.25, 0.3) is 11.0 Å². The molecule has 1 fully saturated rings. The first-order valence-corrected chi connectivity index (χ1v) is 9.08. The molecule has 6 nitrogen and oxygen atoms in total. The van der Waals surface area contributed by atoms with Crippen LogP contribution in [0, 0.1) is 0 Å². The fourth-order valence-electron chi connectivity index (χ4n) is 4.01. The van der Waals surface area contributed by atoms with Crippen LogP contribution in [0.1, 0.15) is 33.0 Å². The molecule has 3 aromatic rings. The normalized spacial score (nSPS) is 17.6. The second-order valence-electron chi connectivity index (χ2n) is 7.07. The summed E-state index contributed by atoms with van der Waals surface area (Å²) in [5, 5.41) is 1.05. The average Bonchev–Trinajstić information content (AvgIpc) is 3.35. The van der Waals surface area contributed by atoms with Crippen molar-refractivity contribution in [1.29, 1.82) is 0 Å². The minimum Gasteiger partial charge on any atom is -0.346 e. The second-order valence-corrected chi connectivity index (χ2v) is 7.07. The number of hydrogen-bond donors (Lipinski definition) is 3. The van der Waals surface area contributed by atoms with Gasteiger partial charge in [-0.05, 0) is 29.2 Å². The third-order valence-electron chi connectivity index (χ3n) is 5.49. The van der Waals surface area contributed by atoms with Crippen LogP contribution in [0.2, 0.25) is 0 Å². The maximum atomic E-state index is 13.1. The standard InChI is InChI=1S/C20H21N5O/c26-20(25-6-5-13-3-1-2-4-14(13)12-25)15-7-17-18(16-9-23-24-10-16)11-22-19(17)21-8-15/h1-4,7-8,11,16,23-24H,5-6,9-10,12H2,(H,21,22). The van der Waals surface area contributed by atoms with Gasteiger partial charge in [0.25, 0.3) is 5.91 Å². The van der Waals surface area contributed by atoms with Crippen LogP contribution in [-0.2, 0) is 13.0 Å². The first-order valence-electron chi connectivity index (χ1n) is 9.08. The molecule has 4 heterocycles. The predicted octanol–water partition coefficient (Wildman–Crippen LogP) is 1.95. The number of hydrogen-bond acceptors (Lipinski definition) is 4. The molecular weight excluding hydrogens is 326 g/mol. The van der Waals surface area contributed by atoms with E-state index >= 15 is 0 Å². The number of carbonyl (C=O) groups excluding carboxylic acids is 1. The van der Waals surface area contributed by atoms with Crippen molar-refractivity contribution in [2.75, 3.05) is 19.6 Å². The zero-order valence-corrected chi connectivity index (χ0v) is 14.5. The Bertz CT molecular complexity index is 973. The molecule has 1 amide bonds. The summed E-state index contributed by atoms with van der Waals surface area (Å²) in [5.74, 6) is 0.446. The molecule has 5 rings (SSSR count). The largest absolute Gasteiger partial charge is 0.346 e. The fraction of sp³-hybridized carbons (Fsp3) is 0.300. The van der Waals surface area contributed by atoms with Crippen molar-refractivity contribution in [3.63, 3.8) is 0 Å². The Labute approximate surface area is 151 Å². The molecule has 3 N–H and O–H groups in total. The van der Waals surface area contributed by atoms with Gasteiger partial charge in [-0.15, -0.1) is 0 Å². The number of carbonyl (C=O) groups is 1. The third kappa shape index (κ3) is 2.58. The minimum absolute atomic E-state index is 0.0590. The highest BCUT2D eigenvalue weighted by atomic mass is 16.2. The number of aromatic nitrogens is 2. The molecule has 1 aromatic carbocycles. The van der Waals surface area contributed by atoms with Gasteiger partial charge < -0.3 is 9.88 Å². The van der Waals surface area contributed by atoms with E-state index < -0.39 is 0 Å². The molecule has 0 unspecified atom stereocenters. The molecule has 2 aromatic heterocycles. The van der Waals surface area contributed by atoms with E-state index in [1.54, 1.807) is 6.20 Å². The summed E-state index contributed by atoms with van der Waals surface area (Å²) in [6, 6.07) is 10.4. The monoisotopic (exact) mass is 347 g/mol. The van der Waals surface area contributed by atoms with E-state index in [1.807, 2.05) is 23.2 Å². The number of rotatable bonds is 2. The molecule has 0 aliphatic carbocycles. The van der Waals surface area contributed by atoms with Gasteiger partial charge in [0, 0.05) is 49.9 Å². The van der Waals surface area contributed by atoms with E-state index in [0.29, 0.717) is 18.0 Å². The summed E-state index contributed by atoms with van der Waals surface area (Å²) in [5.41, 5.74) is 11.6. The number of nitrogens with one attached hydrogen (secondary N) is 3. The van der Waals surface area contributed by atoms with Gasteiger partial charge in [0.05, 0.1) is 5.56 Å². The number of pyridine rings is 1. The van der Waals surface area contributed by atoms with E-state index in [0.717, 1.165) is 37.1 Å². The fourth-order valence-corrected chi connectivity index (χ4v) is 4.01. The number of H-pyrrole nitrogens is 1. The van der Waals surface area contributed by atoms with Crippen LogP contribution in [0.3, 0.4) is 0 Å². The summed E-state index contributed by atoms with van der Waals surface area (Å²) in [6.07, 6.45) is 4.62. The number of hydrazine groups is 1. The highest BCUT2D eigenvalue weighted by Gasteiger charge is 2.24. The van der Waals surface area contributed by atoms with E-state index in [9.17, 15) is 4.79 Å². The predicted molar refractivity (Wildman–Crippen MR) is 99.7 cm³/mol. The molecule has 0 saturated carbocycles. The van der Waals surface area contributed by atoms with Crippen molar-refractivity contribution < 1.29 is 4.79 Å². The highest BCUT2D eigenvalue weighted by Crippen LogP contribution is 2.27. The Morgan fingerprint density at radius 3 is 2.81 bits per heavy atom. The summed E-state index contributed by atoms with van der Waals surface area (Å²) in [7, 11) is 0. The van der Waals surface area contributed by atoms with Crippen LogP contribution in [0.4, 0.5) is 0 Å². The number of nitrogens with zero attached hydrogens (tertiary/aromatic N) is 2. The molecule has 1 saturated heterocycles. The Balaban J connectivity index is 1.45. The van der Waals surface area contributed by atoms with Gasteiger partial charge in [-0.2, -0.15) is 0 Å². The zero-order chi connectivity index (χ0) is 17.5. The first kappa shape index (κ1) is 15.5. The lowest BCUT2D eigenvalue weighted by Gasteiger charge is -2.28. The maximum Gasteiger partial charge on any atom is 0.255 e. The van der Waals surface area contributed by atoms with Gasteiger partial charge in [0.2, 0.25) is 0 Å². The Kier molecular flexibility index (Phi) is 3.72. The lowest BCUT2D eigenvalue weighted by molar-refractivity contribution is 0.0734. The molecule has 26 heavy (non-hydrogen) atoms. The molecule has 0 bridgehead atoms. The summed E-state index contributed by atoms with van der Waals surface area (Å²) in [4.78, 5) is 22.7. The smallest absolute Gasteiger partial charge is 0.255 e. The van der Waals surface area contributed by atoms with Gasteiger partial charge >= 0.3 is 0 Å². The maximum absolute atomic E-state index is 13.1. The van der Waals surface area contributed by atoms with Crippen LogP contribution < -0.4 is 10.9 Å². The molecule has 2 aliphatic heterocycles. The van der Waals surface area contributed by atoms with Crippen molar-refractivity contribution in [3.8, 4) is 0 Å². The van der Waals surface area contributed by atoms with Gasteiger partial charge in [-0.3, -0.25) is 15.6 Å². The number of fused-ring (bicyclic) bond motifs is 2. The Morgan fingerprint density at radius 2 is 1.96 bits per heavy atom. The molecule has 0 atom stereocenters. The summed E-state index contributed by atoms with van der Waals surface area (Å²) >= 11 is 0. The zero-order valence-electron chi connectivity index (χ0n) is 14.5. The number of benzene rings is 1. The Morgan fingerprint density at radius 1 is 1.15 bits per heavy atom. The third-order valence-corrected chi connectivity index (χ3v) is 5.49. The topological polar surface area (TPSA) is 73.0 Å². The molecule has 0 radical (unpaired) electrons. The van der Waals surface area contributed by atoms with E-state index in [4.69, 9.17) is 0 Å². The van der Waals surface area contributed by atoms with E-state index in [-0.39, 0.29) is 5.91 Å². The van der Waals surface area contributed by atoms with E-state index in [1.165, 1.54) is 16.7 Å².